The first-order chi connectivity index (χ1) is 13.6. The van der Waals surface area contributed by atoms with Crippen molar-refractivity contribution in [1.82, 2.24) is 20.5 Å². The highest BCUT2D eigenvalue weighted by Crippen LogP contribution is 2.23. The zero-order valence-corrected chi connectivity index (χ0v) is 20.3. The fraction of sp³-hybridized carbons (Fsp3) is 0.500. The van der Waals surface area contributed by atoms with E-state index < -0.39 is 0 Å². The van der Waals surface area contributed by atoms with Crippen molar-refractivity contribution in [3.8, 4) is 0 Å². The van der Waals surface area contributed by atoms with Crippen LogP contribution >= 0.6 is 35.3 Å². The molecule has 2 atom stereocenters. The number of hydrogen-bond donors (Lipinski definition) is 2. The Morgan fingerprint density at radius 1 is 1.41 bits per heavy atom. The largest absolute Gasteiger partial charge is 0.357 e. The van der Waals surface area contributed by atoms with Crippen LogP contribution < -0.4 is 15.5 Å². The quantitative estimate of drug-likeness (QED) is 0.326. The molecule has 29 heavy (non-hydrogen) atoms. The maximum Gasteiger partial charge on any atom is 0.191 e. The highest BCUT2D eigenvalue weighted by Gasteiger charge is 2.26. The molecule has 3 rings (SSSR count). The molecule has 6 nitrogen and oxygen atoms in total. The molecule has 0 aliphatic carbocycles. The molecule has 0 radical (unpaired) electrons. The molecule has 3 heterocycles. The number of pyridine rings is 1. The van der Waals surface area contributed by atoms with Crippen LogP contribution in [-0.2, 0) is 0 Å². The van der Waals surface area contributed by atoms with Crippen LogP contribution in [0.25, 0.3) is 0 Å². The van der Waals surface area contributed by atoms with Gasteiger partial charge in [0.05, 0.1) is 12.6 Å². The predicted octanol–water partition coefficient (Wildman–Crippen LogP) is 3.34. The molecule has 0 bridgehead atoms. The average Bonchev–Trinajstić information content (AvgIpc) is 3.34. The molecular formula is C20H30FIN6S. The summed E-state index contributed by atoms with van der Waals surface area (Å²) in [6, 6.07) is 7.77. The molecular weight excluding hydrogens is 502 g/mol. The molecule has 1 aliphatic heterocycles. The fourth-order valence-electron chi connectivity index (χ4n) is 3.36. The highest BCUT2D eigenvalue weighted by atomic mass is 127. The first-order valence-electron chi connectivity index (χ1n) is 9.68. The van der Waals surface area contributed by atoms with Gasteiger partial charge in [0.1, 0.15) is 0 Å². The molecule has 9 heteroatoms. The first-order valence-corrected chi connectivity index (χ1v) is 10.6. The minimum atomic E-state index is -0.270. The summed E-state index contributed by atoms with van der Waals surface area (Å²) in [6.07, 6.45) is 2.55. The van der Waals surface area contributed by atoms with Crippen molar-refractivity contribution < 1.29 is 4.39 Å². The third-order valence-electron chi connectivity index (χ3n) is 4.83. The van der Waals surface area contributed by atoms with Crippen molar-refractivity contribution in [2.24, 2.45) is 4.99 Å². The third kappa shape index (κ3) is 6.51. The van der Waals surface area contributed by atoms with Gasteiger partial charge in [-0.1, -0.05) is 6.07 Å². The van der Waals surface area contributed by atoms with Crippen LogP contribution in [0.15, 0.2) is 40.8 Å². The van der Waals surface area contributed by atoms with E-state index >= 15 is 0 Å². The van der Waals surface area contributed by atoms with E-state index in [2.05, 4.69) is 59.0 Å². The average molecular weight is 532 g/mol. The molecule has 0 saturated carbocycles. The molecule has 2 aromatic heterocycles. The number of aliphatic imine (C=N–C) groups is 1. The summed E-state index contributed by atoms with van der Waals surface area (Å²) in [5, 5.41) is 8.94. The lowest BCUT2D eigenvalue weighted by molar-refractivity contribution is 0.310. The van der Waals surface area contributed by atoms with Crippen LogP contribution in [0.5, 0.6) is 0 Å². The number of nitrogens with zero attached hydrogens (tertiary/aromatic N) is 4. The minimum absolute atomic E-state index is 0. The van der Waals surface area contributed by atoms with E-state index in [-0.39, 0.29) is 41.9 Å². The van der Waals surface area contributed by atoms with E-state index in [0.717, 1.165) is 25.5 Å². The Morgan fingerprint density at radius 3 is 2.90 bits per heavy atom. The Bertz CT molecular complexity index is 770. The van der Waals surface area contributed by atoms with Crippen LogP contribution in [0.3, 0.4) is 0 Å². The summed E-state index contributed by atoms with van der Waals surface area (Å²) >= 11 is 1.76. The SMILES string of the molecule is CCNC(=NCC(c1cccs1)N(C)C)NC1CCN(c2ncccc2F)C1.I. The Hall–Kier alpha value is -1.46. The van der Waals surface area contributed by atoms with E-state index in [1.807, 2.05) is 4.90 Å². The number of likely N-dealkylation sites (N-methyl/N-ethyl adjacent to an activating group) is 1. The maximum absolute atomic E-state index is 14.0. The molecule has 1 fully saturated rings. The molecule has 0 spiro atoms. The number of halogens is 2. The van der Waals surface area contributed by atoms with E-state index in [9.17, 15) is 4.39 Å². The van der Waals surface area contributed by atoms with Crippen LogP contribution in [0, 0.1) is 5.82 Å². The number of nitrogens with one attached hydrogen (secondary N) is 2. The second-order valence-corrected chi connectivity index (χ2v) is 8.08. The maximum atomic E-state index is 14.0. The molecule has 160 valence electrons. The van der Waals surface area contributed by atoms with Crippen molar-refractivity contribution in [3.63, 3.8) is 0 Å². The van der Waals surface area contributed by atoms with E-state index in [4.69, 9.17) is 4.99 Å². The first kappa shape index (κ1) is 23.8. The Labute approximate surface area is 193 Å². The lowest BCUT2D eigenvalue weighted by Crippen LogP contribution is -2.45. The van der Waals surface area contributed by atoms with Crippen LogP contribution in [-0.4, -0.2) is 62.2 Å². The van der Waals surface area contributed by atoms with Crippen molar-refractivity contribution >= 4 is 47.1 Å². The smallest absolute Gasteiger partial charge is 0.191 e. The predicted molar refractivity (Wildman–Crippen MR) is 130 cm³/mol. The van der Waals surface area contributed by atoms with E-state index in [1.165, 1.54) is 10.9 Å². The lowest BCUT2D eigenvalue weighted by Gasteiger charge is -2.23. The van der Waals surface area contributed by atoms with Crippen molar-refractivity contribution in [2.45, 2.75) is 25.4 Å². The van der Waals surface area contributed by atoms with Gasteiger partial charge in [-0.3, -0.25) is 4.99 Å². The number of anilines is 1. The van der Waals surface area contributed by atoms with Crippen LogP contribution in [0.1, 0.15) is 24.3 Å². The van der Waals surface area contributed by atoms with Gasteiger partial charge >= 0.3 is 0 Å². The van der Waals surface area contributed by atoms with Gasteiger partial charge in [0, 0.05) is 36.8 Å². The summed E-state index contributed by atoms with van der Waals surface area (Å²) in [7, 11) is 4.16. The van der Waals surface area contributed by atoms with Gasteiger partial charge in [0.15, 0.2) is 17.6 Å². The van der Waals surface area contributed by atoms with Crippen LogP contribution in [0.2, 0.25) is 0 Å². The number of hydrogen-bond acceptors (Lipinski definition) is 5. The van der Waals surface area contributed by atoms with Gasteiger partial charge in [0.2, 0.25) is 0 Å². The van der Waals surface area contributed by atoms with Gasteiger partial charge in [-0.05, 0) is 51.0 Å². The van der Waals surface area contributed by atoms with Gasteiger partial charge in [-0.2, -0.15) is 0 Å². The molecule has 0 amide bonds. The summed E-state index contributed by atoms with van der Waals surface area (Å²) in [6.45, 7) is 5.02. The Kier molecular flexibility index (Phi) is 9.57. The Morgan fingerprint density at radius 2 is 2.24 bits per heavy atom. The van der Waals surface area contributed by atoms with Gasteiger partial charge in [-0.15, -0.1) is 35.3 Å². The normalized spacial score (nSPS) is 17.9. The summed E-state index contributed by atoms with van der Waals surface area (Å²) in [5.74, 6) is 0.965. The zero-order valence-electron chi connectivity index (χ0n) is 17.1. The minimum Gasteiger partial charge on any atom is -0.357 e. The third-order valence-corrected chi connectivity index (χ3v) is 5.80. The topological polar surface area (TPSA) is 55.8 Å². The van der Waals surface area contributed by atoms with Gasteiger partial charge in [0.25, 0.3) is 0 Å². The van der Waals surface area contributed by atoms with Crippen molar-refractivity contribution in [3.05, 3.63) is 46.5 Å². The summed E-state index contributed by atoms with van der Waals surface area (Å²) in [4.78, 5) is 14.5. The molecule has 2 aromatic rings. The molecule has 1 aliphatic rings. The number of guanidine groups is 1. The second-order valence-electron chi connectivity index (χ2n) is 7.10. The van der Waals surface area contributed by atoms with Crippen molar-refractivity contribution in [1.29, 1.82) is 0 Å². The molecule has 1 saturated heterocycles. The highest BCUT2D eigenvalue weighted by molar-refractivity contribution is 14.0. The zero-order chi connectivity index (χ0) is 19.9. The summed E-state index contributed by atoms with van der Waals surface area (Å²) in [5.41, 5.74) is 0. The van der Waals surface area contributed by atoms with E-state index in [1.54, 1.807) is 23.6 Å². The van der Waals surface area contributed by atoms with E-state index in [0.29, 0.717) is 18.9 Å². The fourth-order valence-corrected chi connectivity index (χ4v) is 4.27. The van der Waals surface area contributed by atoms with Gasteiger partial charge < -0.3 is 20.4 Å². The lowest BCUT2D eigenvalue weighted by atomic mass is 10.2. The number of aromatic nitrogens is 1. The van der Waals surface area contributed by atoms with Gasteiger partial charge in [-0.25, -0.2) is 9.37 Å². The Balaban J connectivity index is 0.00000300. The molecule has 2 unspecified atom stereocenters. The number of rotatable bonds is 7. The standard InChI is InChI=1S/C20H29FN6S.HI/c1-4-22-20(24-13-17(26(2)3)18-8-6-12-28-18)25-15-9-11-27(14-15)19-16(21)7-5-10-23-19;/h5-8,10,12,15,17H,4,9,11,13-14H2,1-3H3,(H2,22,24,25);1H. The summed E-state index contributed by atoms with van der Waals surface area (Å²) < 4.78 is 14.0. The van der Waals surface area contributed by atoms with Crippen LogP contribution in [0.4, 0.5) is 10.2 Å². The number of thiophene rings is 1. The van der Waals surface area contributed by atoms with Crippen molar-refractivity contribution in [2.75, 3.05) is 45.2 Å². The molecule has 0 aromatic carbocycles. The second kappa shape index (κ2) is 11.7. The monoisotopic (exact) mass is 532 g/mol. The molecule has 2 N–H and O–H groups in total.